The summed E-state index contributed by atoms with van der Waals surface area (Å²) in [5, 5.41) is 2.29. The maximum absolute atomic E-state index is 13.9. The fourth-order valence-corrected chi connectivity index (χ4v) is 8.32. The Morgan fingerprint density at radius 1 is 1.26 bits per heavy atom. The molecule has 0 spiro atoms. The fraction of sp³-hybridized carbons (Fsp3) is 0.261. The minimum absolute atomic E-state index is 0.259. The Kier molecular flexibility index (Phi) is 6.72. The van der Waals surface area contributed by atoms with Crippen LogP contribution in [0.4, 0.5) is 5.13 Å². The van der Waals surface area contributed by atoms with E-state index >= 15 is 0 Å². The van der Waals surface area contributed by atoms with Crippen LogP contribution in [0.25, 0.3) is 10.2 Å². The van der Waals surface area contributed by atoms with Gasteiger partial charge in [-0.2, -0.15) is 4.31 Å². The molecule has 4 heterocycles. The molecule has 0 radical (unpaired) electrons. The minimum atomic E-state index is -3.74. The van der Waals surface area contributed by atoms with Gasteiger partial charge in [-0.15, -0.1) is 23.1 Å². The molecule has 5 rings (SSSR count). The summed E-state index contributed by atoms with van der Waals surface area (Å²) in [6.45, 7) is 0.597. The van der Waals surface area contributed by atoms with Crippen LogP contribution in [0.15, 0.2) is 69.3 Å². The molecule has 1 atom stereocenters. The number of sulfonamides is 1. The minimum Gasteiger partial charge on any atom is -0.282 e. The Morgan fingerprint density at radius 2 is 2.15 bits per heavy atom. The van der Waals surface area contributed by atoms with Gasteiger partial charge in [0.25, 0.3) is 10.0 Å². The van der Waals surface area contributed by atoms with Crippen molar-refractivity contribution < 1.29 is 13.2 Å². The van der Waals surface area contributed by atoms with Gasteiger partial charge in [-0.05, 0) is 60.4 Å². The zero-order valence-corrected chi connectivity index (χ0v) is 21.6. The lowest BCUT2D eigenvalue weighted by Gasteiger charge is -2.28. The van der Waals surface area contributed by atoms with Crippen LogP contribution in [-0.2, 0) is 21.4 Å². The first-order chi connectivity index (χ1) is 16.5. The summed E-state index contributed by atoms with van der Waals surface area (Å²) in [7, 11) is -3.74. The van der Waals surface area contributed by atoms with Crippen LogP contribution in [0.2, 0.25) is 0 Å². The van der Waals surface area contributed by atoms with Crippen molar-refractivity contribution in [3.63, 3.8) is 0 Å². The van der Waals surface area contributed by atoms with Gasteiger partial charge in [0, 0.05) is 23.8 Å². The molecule has 0 N–H and O–H groups in total. The van der Waals surface area contributed by atoms with Gasteiger partial charge in [0.15, 0.2) is 5.13 Å². The zero-order valence-electron chi connectivity index (χ0n) is 18.3. The predicted molar refractivity (Wildman–Crippen MR) is 138 cm³/mol. The average Bonchev–Trinajstić information content (AvgIpc) is 3.62. The summed E-state index contributed by atoms with van der Waals surface area (Å²) in [6.07, 6.45) is 6.54. The lowest BCUT2D eigenvalue weighted by Crippen LogP contribution is -2.47. The fourth-order valence-electron chi connectivity index (χ4n) is 4.03. The molecule has 0 bridgehead atoms. The summed E-state index contributed by atoms with van der Waals surface area (Å²) < 4.78 is 29.2. The second-order valence-corrected chi connectivity index (χ2v) is 12.8. The molecule has 34 heavy (non-hydrogen) atoms. The van der Waals surface area contributed by atoms with Crippen LogP contribution in [0.5, 0.6) is 0 Å². The number of pyridine rings is 1. The Morgan fingerprint density at radius 3 is 2.88 bits per heavy atom. The monoisotopic (exact) mass is 530 g/mol. The Balaban J connectivity index is 1.53. The van der Waals surface area contributed by atoms with Crippen molar-refractivity contribution in [2.45, 2.75) is 34.5 Å². The highest BCUT2D eigenvalue weighted by atomic mass is 32.2. The van der Waals surface area contributed by atoms with Crippen LogP contribution in [0.3, 0.4) is 0 Å². The van der Waals surface area contributed by atoms with Crippen molar-refractivity contribution in [1.82, 2.24) is 14.3 Å². The van der Waals surface area contributed by atoms with Crippen molar-refractivity contribution in [3.05, 3.63) is 65.8 Å². The SMILES string of the molecule is CSc1ccc2nc(N(Cc3cccnc3)C(=O)C3CCCN3S(=O)(=O)c3cccs3)sc2c1. The summed E-state index contributed by atoms with van der Waals surface area (Å²) in [5.74, 6) is -0.259. The van der Waals surface area contributed by atoms with Crippen molar-refractivity contribution in [2.75, 3.05) is 17.7 Å². The van der Waals surface area contributed by atoms with Crippen molar-refractivity contribution in [3.8, 4) is 0 Å². The van der Waals surface area contributed by atoms with Crippen LogP contribution < -0.4 is 4.90 Å². The van der Waals surface area contributed by atoms with E-state index in [2.05, 4.69) is 11.1 Å². The van der Waals surface area contributed by atoms with Gasteiger partial charge in [-0.1, -0.05) is 23.5 Å². The number of carbonyl (C=O) groups is 1. The van der Waals surface area contributed by atoms with Gasteiger partial charge < -0.3 is 0 Å². The first kappa shape index (κ1) is 23.4. The number of aromatic nitrogens is 2. The molecule has 0 aliphatic carbocycles. The van der Waals surface area contributed by atoms with Gasteiger partial charge in [-0.25, -0.2) is 13.4 Å². The summed E-state index contributed by atoms with van der Waals surface area (Å²) in [5.41, 5.74) is 1.67. The zero-order chi connectivity index (χ0) is 23.7. The smallest absolute Gasteiger partial charge is 0.253 e. The van der Waals surface area contributed by atoms with E-state index in [1.165, 1.54) is 27.0 Å². The third-order valence-electron chi connectivity index (χ3n) is 5.69. The maximum Gasteiger partial charge on any atom is 0.253 e. The lowest BCUT2D eigenvalue weighted by molar-refractivity contribution is -0.121. The van der Waals surface area contributed by atoms with Gasteiger partial charge >= 0.3 is 0 Å². The van der Waals surface area contributed by atoms with Crippen LogP contribution in [0, 0.1) is 0 Å². The number of thiazole rings is 1. The molecule has 7 nitrogen and oxygen atoms in total. The van der Waals surface area contributed by atoms with Crippen molar-refractivity contribution in [2.24, 2.45) is 0 Å². The van der Waals surface area contributed by atoms with E-state index < -0.39 is 16.1 Å². The quantitative estimate of drug-likeness (QED) is 0.317. The number of thiophene rings is 1. The molecule has 1 aromatic carbocycles. The second-order valence-electron chi connectivity index (χ2n) is 7.82. The summed E-state index contributed by atoms with van der Waals surface area (Å²) in [4.78, 5) is 25.6. The molecule has 0 saturated carbocycles. The number of hydrogen-bond acceptors (Lipinski definition) is 8. The molecule has 1 saturated heterocycles. The molecule has 1 amide bonds. The second kappa shape index (κ2) is 9.74. The number of amides is 1. The van der Waals surface area contributed by atoms with E-state index in [4.69, 9.17) is 4.98 Å². The molecule has 1 aliphatic heterocycles. The predicted octanol–water partition coefficient (Wildman–Crippen LogP) is 4.86. The Hall–Kier alpha value is -2.31. The maximum atomic E-state index is 13.9. The molecule has 3 aromatic heterocycles. The number of benzene rings is 1. The third-order valence-corrected chi connectivity index (χ3v) is 10.7. The molecule has 1 unspecified atom stereocenters. The number of thioether (sulfide) groups is 1. The average molecular weight is 531 g/mol. The Labute approximate surface area is 210 Å². The molecule has 176 valence electrons. The third kappa shape index (κ3) is 4.50. The van der Waals surface area contributed by atoms with Crippen LogP contribution in [0.1, 0.15) is 18.4 Å². The Bertz CT molecular complexity index is 1400. The standard InChI is InChI=1S/C23H22N4O3S4/c1-31-17-8-9-18-20(13-17)33-23(25-18)26(15-16-5-2-10-24-14-16)22(28)19-6-3-11-27(19)34(29,30)21-7-4-12-32-21/h2,4-5,7-10,12-14,19H,3,6,11,15H2,1H3. The van der Waals surface area contributed by atoms with Crippen molar-refractivity contribution >= 4 is 65.7 Å². The van der Waals surface area contributed by atoms with E-state index in [0.29, 0.717) is 24.5 Å². The first-order valence-electron chi connectivity index (χ1n) is 10.7. The lowest BCUT2D eigenvalue weighted by atomic mass is 10.2. The number of anilines is 1. The van der Waals surface area contributed by atoms with Gasteiger partial charge in [0.2, 0.25) is 5.91 Å². The molecule has 4 aromatic rings. The van der Waals surface area contributed by atoms with Crippen molar-refractivity contribution in [1.29, 1.82) is 0 Å². The summed E-state index contributed by atoms with van der Waals surface area (Å²) >= 11 is 4.26. The molecule has 11 heteroatoms. The van der Waals surface area contributed by atoms with E-state index in [1.54, 1.807) is 46.6 Å². The highest BCUT2D eigenvalue weighted by Crippen LogP contribution is 2.35. The highest BCUT2D eigenvalue weighted by molar-refractivity contribution is 7.98. The molecule has 1 aliphatic rings. The first-order valence-corrected chi connectivity index (χ1v) is 15.0. The van der Waals surface area contributed by atoms with E-state index in [-0.39, 0.29) is 16.7 Å². The molecular weight excluding hydrogens is 509 g/mol. The number of rotatable bonds is 7. The number of carbonyl (C=O) groups excluding carboxylic acids is 1. The number of nitrogens with zero attached hydrogens (tertiary/aromatic N) is 4. The normalized spacial score (nSPS) is 16.8. The number of hydrogen-bond donors (Lipinski definition) is 0. The van der Waals surface area contributed by atoms with E-state index in [1.807, 2.05) is 30.5 Å². The topological polar surface area (TPSA) is 83.5 Å². The van der Waals surface area contributed by atoms with Crippen LogP contribution in [-0.4, -0.2) is 47.4 Å². The number of fused-ring (bicyclic) bond motifs is 1. The van der Waals surface area contributed by atoms with Gasteiger partial charge in [-0.3, -0.25) is 14.7 Å². The van der Waals surface area contributed by atoms with Gasteiger partial charge in [0.1, 0.15) is 10.3 Å². The van der Waals surface area contributed by atoms with Crippen LogP contribution >= 0.6 is 34.4 Å². The molecular formula is C23H22N4O3S4. The van der Waals surface area contributed by atoms with E-state index in [9.17, 15) is 13.2 Å². The van der Waals surface area contributed by atoms with E-state index in [0.717, 1.165) is 20.7 Å². The van der Waals surface area contributed by atoms with Gasteiger partial charge in [0.05, 0.1) is 16.8 Å². The largest absolute Gasteiger partial charge is 0.282 e. The summed E-state index contributed by atoms with van der Waals surface area (Å²) in [6, 6.07) is 12.3. The highest BCUT2D eigenvalue weighted by Gasteiger charge is 2.42. The molecule has 1 fully saturated rings.